The Morgan fingerprint density at radius 3 is 2.87 bits per heavy atom. The van der Waals surface area contributed by atoms with Crippen molar-refractivity contribution in [3.8, 4) is 0 Å². The van der Waals surface area contributed by atoms with E-state index >= 15 is 0 Å². The summed E-state index contributed by atoms with van der Waals surface area (Å²) in [6.45, 7) is 5.18. The van der Waals surface area contributed by atoms with E-state index in [0.717, 1.165) is 17.5 Å². The second-order valence-electron chi connectivity index (χ2n) is 7.21. The highest BCUT2D eigenvalue weighted by Crippen LogP contribution is 2.32. The molecular formula is C18H29N3OS. The highest BCUT2D eigenvalue weighted by Gasteiger charge is 2.31. The summed E-state index contributed by atoms with van der Waals surface area (Å²) in [7, 11) is 0. The minimum Gasteiger partial charge on any atom is -0.347 e. The molecule has 23 heavy (non-hydrogen) atoms. The first-order chi connectivity index (χ1) is 11.2. The number of nitrogens with one attached hydrogen (secondary N) is 1. The van der Waals surface area contributed by atoms with E-state index < -0.39 is 0 Å². The third kappa shape index (κ3) is 4.77. The van der Waals surface area contributed by atoms with Gasteiger partial charge in [0.2, 0.25) is 5.91 Å². The first kappa shape index (κ1) is 16.9. The molecule has 5 heteroatoms. The summed E-state index contributed by atoms with van der Waals surface area (Å²) in [4.78, 5) is 18.8. The fourth-order valence-corrected chi connectivity index (χ4v) is 5.03. The number of hydrogen-bond donors (Lipinski definition) is 1. The van der Waals surface area contributed by atoms with E-state index in [-0.39, 0.29) is 11.9 Å². The molecule has 2 fully saturated rings. The van der Waals surface area contributed by atoms with Crippen LogP contribution in [0.3, 0.4) is 0 Å². The summed E-state index contributed by atoms with van der Waals surface area (Å²) >= 11 is 1.66. The molecule has 1 aliphatic heterocycles. The Morgan fingerprint density at radius 1 is 1.35 bits per heavy atom. The molecule has 4 nitrogen and oxygen atoms in total. The molecule has 2 atom stereocenters. The van der Waals surface area contributed by atoms with Crippen LogP contribution in [0.4, 0.5) is 0 Å². The zero-order chi connectivity index (χ0) is 16.1. The van der Waals surface area contributed by atoms with Crippen molar-refractivity contribution >= 4 is 17.2 Å². The van der Waals surface area contributed by atoms with E-state index in [1.54, 1.807) is 18.3 Å². The number of rotatable bonds is 5. The molecule has 1 saturated heterocycles. The Morgan fingerprint density at radius 2 is 2.17 bits per heavy atom. The second kappa shape index (κ2) is 8.25. The van der Waals surface area contributed by atoms with Gasteiger partial charge in [0.1, 0.15) is 5.01 Å². The predicted octanol–water partition coefficient (Wildman–Crippen LogP) is 3.61. The van der Waals surface area contributed by atoms with E-state index in [1.165, 1.54) is 58.0 Å². The van der Waals surface area contributed by atoms with Crippen LogP contribution in [0.25, 0.3) is 0 Å². The third-order valence-electron chi connectivity index (χ3n) is 5.33. The normalized spacial score (nSPS) is 25.2. The van der Waals surface area contributed by atoms with Crippen molar-refractivity contribution in [2.45, 2.75) is 57.9 Å². The number of aromatic nitrogens is 1. The molecule has 0 spiro atoms. The molecule has 1 saturated carbocycles. The van der Waals surface area contributed by atoms with Gasteiger partial charge < -0.3 is 10.2 Å². The van der Waals surface area contributed by atoms with Gasteiger partial charge in [0.05, 0.1) is 6.04 Å². The van der Waals surface area contributed by atoms with Crippen molar-refractivity contribution in [2.24, 2.45) is 11.8 Å². The highest BCUT2D eigenvalue weighted by atomic mass is 32.1. The van der Waals surface area contributed by atoms with Crippen LogP contribution in [-0.2, 0) is 4.79 Å². The van der Waals surface area contributed by atoms with Gasteiger partial charge in [-0.15, -0.1) is 11.3 Å². The third-order valence-corrected chi connectivity index (χ3v) is 6.19. The lowest BCUT2D eigenvalue weighted by atomic mass is 9.86. The van der Waals surface area contributed by atoms with E-state index in [9.17, 15) is 4.79 Å². The largest absolute Gasteiger partial charge is 0.347 e. The van der Waals surface area contributed by atoms with Gasteiger partial charge >= 0.3 is 0 Å². The van der Waals surface area contributed by atoms with E-state index in [0.29, 0.717) is 5.92 Å². The highest BCUT2D eigenvalue weighted by molar-refractivity contribution is 7.09. The fraction of sp³-hybridized carbons (Fsp3) is 0.778. The van der Waals surface area contributed by atoms with Gasteiger partial charge in [0.25, 0.3) is 0 Å². The van der Waals surface area contributed by atoms with Gasteiger partial charge in [-0.25, -0.2) is 4.98 Å². The summed E-state index contributed by atoms with van der Waals surface area (Å²) in [6, 6.07) is 0.0849. The van der Waals surface area contributed by atoms with Crippen LogP contribution in [0.15, 0.2) is 11.6 Å². The number of carbonyl (C=O) groups excluding carboxylic acids is 1. The SMILES string of the molecule is CC(=O)N[C@@H](c1nccs1)[C@H]1CCCN(CC2CCCCC2)C1. The maximum absolute atomic E-state index is 11.6. The Kier molecular flexibility index (Phi) is 6.06. The first-order valence-electron chi connectivity index (χ1n) is 9.11. The van der Waals surface area contributed by atoms with Crippen molar-refractivity contribution in [1.82, 2.24) is 15.2 Å². The molecule has 0 bridgehead atoms. The minimum absolute atomic E-state index is 0.0506. The van der Waals surface area contributed by atoms with Crippen LogP contribution in [0.5, 0.6) is 0 Å². The van der Waals surface area contributed by atoms with Crippen molar-refractivity contribution in [2.75, 3.05) is 19.6 Å². The zero-order valence-electron chi connectivity index (χ0n) is 14.2. The lowest BCUT2D eigenvalue weighted by Crippen LogP contribution is -2.44. The van der Waals surface area contributed by atoms with Crippen LogP contribution >= 0.6 is 11.3 Å². The van der Waals surface area contributed by atoms with Gasteiger partial charge in [-0.3, -0.25) is 4.79 Å². The smallest absolute Gasteiger partial charge is 0.217 e. The maximum Gasteiger partial charge on any atom is 0.217 e. The molecule has 128 valence electrons. The number of likely N-dealkylation sites (tertiary alicyclic amines) is 1. The van der Waals surface area contributed by atoms with Gasteiger partial charge in [0.15, 0.2) is 0 Å². The average Bonchev–Trinajstić information content (AvgIpc) is 3.08. The molecular weight excluding hydrogens is 306 g/mol. The van der Waals surface area contributed by atoms with Gasteiger partial charge in [0, 0.05) is 31.6 Å². The summed E-state index contributed by atoms with van der Waals surface area (Å²) in [6.07, 6.45) is 11.3. The van der Waals surface area contributed by atoms with Gasteiger partial charge in [-0.05, 0) is 44.1 Å². The molecule has 1 N–H and O–H groups in total. The lowest BCUT2D eigenvalue weighted by Gasteiger charge is -2.38. The Labute approximate surface area is 143 Å². The van der Waals surface area contributed by atoms with Crippen LogP contribution in [-0.4, -0.2) is 35.4 Å². The molecule has 1 amide bonds. The summed E-state index contributed by atoms with van der Waals surface area (Å²) in [5, 5.41) is 6.23. The predicted molar refractivity (Wildman–Crippen MR) is 94.4 cm³/mol. The zero-order valence-corrected chi connectivity index (χ0v) is 15.0. The fourth-order valence-electron chi connectivity index (χ4n) is 4.25. The quantitative estimate of drug-likeness (QED) is 0.894. The summed E-state index contributed by atoms with van der Waals surface area (Å²) in [5.74, 6) is 1.43. The standard InChI is InChI=1S/C18H29N3OS/c1-14(22)20-17(18-19-9-11-23-18)16-8-5-10-21(13-16)12-15-6-3-2-4-7-15/h9,11,15-17H,2-8,10,12-13H2,1H3,(H,20,22)/t16-,17+/m0/s1. The first-order valence-corrected chi connectivity index (χ1v) is 9.99. The van der Waals surface area contributed by atoms with Crippen LogP contribution in [0.1, 0.15) is 62.9 Å². The molecule has 3 rings (SSSR count). The van der Waals surface area contributed by atoms with Gasteiger partial charge in [-0.2, -0.15) is 0 Å². The molecule has 0 unspecified atom stereocenters. The van der Waals surface area contributed by atoms with Crippen molar-refractivity contribution < 1.29 is 4.79 Å². The van der Waals surface area contributed by atoms with Crippen molar-refractivity contribution in [3.63, 3.8) is 0 Å². The number of hydrogen-bond acceptors (Lipinski definition) is 4. The minimum atomic E-state index is 0.0506. The molecule has 0 radical (unpaired) electrons. The molecule has 1 aromatic heterocycles. The molecule has 2 heterocycles. The number of amides is 1. The monoisotopic (exact) mass is 335 g/mol. The second-order valence-corrected chi connectivity index (χ2v) is 8.14. The Hall–Kier alpha value is -0.940. The summed E-state index contributed by atoms with van der Waals surface area (Å²) in [5.41, 5.74) is 0. The number of nitrogens with zero attached hydrogens (tertiary/aromatic N) is 2. The van der Waals surface area contributed by atoms with E-state index in [2.05, 4.69) is 15.2 Å². The van der Waals surface area contributed by atoms with E-state index in [1.807, 2.05) is 11.6 Å². The van der Waals surface area contributed by atoms with E-state index in [4.69, 9.17) is 0 Å². The van der Waals surface area contributed by atoms with Crippen LogP contribution < -0.4 is 5.32 Å². The van der Waals surface area contributed by atoms with Gasteiger partial charge in [-0.1, -0.05) is 19.3 Å². The topological polar surface area (TPSA) is 45.2 Å². The summed E-state index contributed by atoms with van der Waals surface area (Å²) < 4.78 is 0. The van der Waals surface area contributed by atoms with Crippen LogP contribution in [0.2, 0.25) is 0 Å². The average molecular weight is 336 g/mol. The number of carbonyl (C=O) groups is 1. The van der Waals surface area contributed by atoms with Crippen molar-refractivity contribution in [1.29, 1.82) is 0 Å². The molecule has 2 aliphatic rings. The van der Waals surface area contributed by atoms with Crippen molar-refractivity contribution in [3.05, 3.63) is 16.6 Å². The Balaban J connectivity index is 1.61. The maximum atomic E-state index is 11.6. The molecule has 1 aromatic rings. The number of piperidine rings is 1. The lowest BCUT2D eigenvalue weighted by molar-refractivity contribution is -0.120. The Bertz CT molecular complexity index is 484. The van der Waals surface area contributed by atoms with Crippen LogP contribution in [0, 0.1) is 11.8 Å². The number of thiazole rings is 1. The molecule has 0 aromatic carbocycles. The molecule has 1 aliphatic carbocycles.